The quantitative estimate of drug-likeness (QED) is 0.776. The number of esters is 1. The molecule has 2 aromatic rings. The number of cyclic esters (lactones) is 1. The van der Waals surface area contributed by atoms with Crippen LogP contribution in [0.25, 0.3) is 0 Å². The number of sulfonamides is 1. The molecule has 9 heteroatoms. The summed E-state index contributed by atoms with van der Waals surface area (Å²) in [6, 6.07) is 6.31. The minimum Gasteiger partial charge on any atom is -0.469 e. The Morgan fingerprint density at radius 2 is 1.92 bits per heavy atom. The van der Waals surface area contributed by atoms with Gasteiger partial charge in [0.2, 0.25) is 10.0 Å². The van der Waals surface area contributed by atoms with Gasteiger partial charge in [0.1, 0.15) is 11.8 Å². The second-order valence-corrected chi connectivity index (χ2v) is 7.21. The molecule has 25 heavy (non-hydrogen) atoms. The number of aryl methyl sites for hydroxylation is 1. The van der Waals surface area contributed by atoms with E-state index in [-0.39, 0.29) is 17.4 Å². The Labute approximate surface area is 144 Å². The number of amides is 1. The van der Waals surface area contributed by atoms with Crippen molar-refractivity contribution >= 4 is 27.6 Å². The number of hydrogen-bond donors (Lipinski definition) is 2. The zero-order valence-electron chi connectivity index (χ0n) is 13.3. The molecule has 8 nitrogen and oxygen atoms in total. The highest BCUT2D eigenvalue weighted by Gasteiger charge is 2.31. The molecule has 0 bridgehead atoms. The van der Waals surface area contributed by atoms with Crippen LogP contribution in [0.4, 0.5) is 5.69 Å². The standard InChI is InChI=1S/C16H16N2O6S/c1-10-13(6-8-23-10)15(19)17-11-2-4-12(5-3-11)25(21,22)18-14-7-9-24-16(14)20/h2-6,8,14,18H,7,9H2,1H3,(H,17,19). The summed E-state index contributed by atoms with van der Waals surface area (Å²) >= 11 is 0. The summed E-state index contributed by atoms with van der Waals surface area (Å²) in [5.41, 5.74) is 0.836. The maximum absolute atomic E-state index is 12.3. The highest BCUT2D eigenvalue weighted by molar-refractivity contribution is 7.89. The average Bonchev–Trinajstić information content (AvgIpc) is 3.16. The molecule has 3 rings (SSSR count). The van der Waals surface area contributed by atoms with E-state index in [0.717, 1.165) is 0 Å². The van der Waals surface area contributed by atoms with Gasteiger partial charge >= 0.3 is 5.97 Å². The number of carbonyl (C=O) groups is 2. The van der Waals surface area contributed by atoms with E-state index in [4.69, 9.17) is 9.15 Å². The summed E-state index contributed by atoms with van der Waals surface area (Å²) in [5.74, 6) is -0.444. The van der Waals surface area contributed by atoms with Crippen molar-refractivity contribution < 1.29 is 27.2 Å². The lowest BCUT2D eigenvalue weighted by molar-refractivity contribution is -0.139. The van der Waals surface area contributed by atoms with Gasteiger partial charge in [-0.15, -0.1) is 0 Å². The van der Waals surface area contributed by atoms with Gasteiger partial charge in [0.25, 0.3) is 5.91 Å². The average molecular weight is 364 g/mol. The summed E-state index contributed by atoms with van der Waals surface area (Å²) in [6.07, 6.45) is 1.72. The molecule has 1 unspecified atom stereocenters. The number of carbonyl (C=O) groups excluding carboxylic acids is 2. The van der Waals surface area contributed by atoms with Gasteiger partial charge in [-0.05, 0) is 37.3 Å². The molecule has 0 spiro atoms. The maximum Gasteiger partial charge on any atom is 0.324 e. The number of nitrogens with one attached hydrogen (secondary N) is 2. The Morgan fingerprint density at radius 3 is 2.48 bits per heavy atom. The van der Waals surface area contributed by atoms with Gasteiger partial charge in [-0.3, -0.25) is 9.59 Å². The van der Waals surface area contributed by atoms with Crippen LogP contribution in [0.1, 0.15) is 22.5 Å². The normalized spacial score (nSPS) is 17.3. The molecule has 1 aromatic heterocycles. The van der Waals surface area contributed by atoms with Gasteiger partial charge in [-0.2, -0.15) is 4.72 Å². The van der Waals surface area contributed by atoms with E-state index in [1.54, 1.807) is 13.0 Å². The Morgan fingerprint density at radius 1 is 1.20 bits per heavy atom. The van der Waals surface area contributed by atoms with Crippen LogP contribution in [0.2, 0.25) is 0 Å². The second-order valence-electron chi connectivity index (χ2n) is 5.50. The third-order valence-electron chi connectivity index (χ3n) is 3.76. The van der Waals surface area contributed by atoms with E-state index in [0.29, 0.717) is 23.4 Å². The van der Waals surface area contributed by atoms with Crippen LogP contribution < -0.4 is 10.0 Å². The van der Waals surface area contributed by atoms with Gasteiger partial charge < -0.3 is 14.5 Å². The van der Waals surface area contributed by atoms with Crippen molar-refractivity contribution in [2.45, 2.75) is 24.3 Å². The van der Waals surface area contributed by atoms with E-state index in [2.05, 4.69) is 10.0 Å². The molecule has 0 radical (unpaired) electrons. The van der Waals surface area contributed by atoms with Crippen LogP contribution in [0.15, 0.2) is 45.9 Å². The number of hydrogen-bond acceptors (Lipinski definition) is 6. The van der Waals surface area contributed by atoms with Crippen molar-refractivity contribution in [1.29, 1.82) is 0 Å². The Hall–Kier alpha value is -2.65. The molecule has 132 valence electrons. The van der Waals surface area contributed by atoms with Crippen LogP contribution in [0, 0.1) is 6.92 Å². The highest BCUT2D eigenvalue weighted by atomic mass is 32.2. The number of benzene rings is 1. The Bertz CT molecular complexity index is 901. The topological polar surface area (TPSA) is 115 Å². The van der Waals surface area contributed by atoms with Gasteiger partial charge in [0, 0.05) is 12.1 Å². The van der Waals surface area contributed by atoms with Crippen LogP contribution in [0.5, 0.6) is 0 Å². The lowest BCUT2D eigenvalue weighted by Gasteiger charge is -2.10. The van der Waals surface area contributed by atoms with Crippen LogP contribution in [0.3, 0.4) is 0 Å². The van der Waals surface area contributed by atoms with Gasteiger partial charge in [0.05, 0.1) is 23.3 Å². The minimum atomic E-state index is -3.85. The third-order valence-corrected chi connectivity index (χ3v) is 5.25. The van der Waals surface area contributed by atoms with Crippen molar-refractivity contribution in [1.82, 2.24) is 4.72 Å². The molecule has 1 aromatic carbocycles. The maximum atomic E-state index is 12.3. The van der Waals surface area contributed by atoms with E-state index >= 15 is 0 Å². The Balaban J connectivity index is 1.70. The third kappa shape index (κ3) is 3.72. The van der Waals surface area contributed by atoms with Crippen molar-refractivity contribution in [2.75, 3.05) is 11.9 Å². The summed E-state index contributed by atoms with van der Waals surface area (Å²) in [4.78, 5) is 23.5. The molecular formula is C16H16N2O6S. The SMILES string of the molecule is Cc1occc1C(=O)Nc1ccc(S(=O)(=O)NC2CCOC2=O)cc1. The first-order valence-corrected chi connectivity index (χ1v) is 8.99. The highest BCUT2D eigenvalue weighted by Crippen LogP contribution is 2.18. The number of ether oxygens (including phenoxy) is 1. The predicted molar refractivity (Wildman–Crippen MR) is 87.5 cm³/mol. The monoisotopic (exact) mass is 364 g/mol. The Kier molecular flexibility index (Phi) is 4.60. The first kappa shape index (κ1) is 17.2. The van der Waals surface area contributed by atoms with Crippen molar-refractivity contribution in [3.05, 3.63) is 47.9 Å². The summed E-state index contributed by atoms with van der Waals surface area (Å²) < 4.78 is 36.7. The molecule has 1 fully saturated rings. The molecule has 2 N–H and O–H groups in total. The van der Waals surface area contributed by atoms with Crippen LogP contribution in [-0.4, -0.2) is 32.9 Å². The van der Waals surface area contributed by atoms with E-state index in [1.165, 1.54) is 30.5 Å². The zero-order valence-corrected chi connectivity index (χ0v) is 14.1. The lowest BCUT2D eigenvalue weighted by Crippen LogP contribution is -2.37. The number of anilines is 1. The van der Waals surface area contributed by atoms with Gasteiger partial charge in [-0.25, -0.2) is 8.42 Å². The number of rotatable bonds is 5. The number of furan rings is 1. The van der Waals surface area contributed by atoms with Crippen molar-refractivity contribution in [2.24, 2.45) is 0 Å². The minimum absolute atomic E-state index is 0.00955. The van der Waals surface area contributed by atoms with Crippen LogP contribution in [-0.2, 0) is 19.6 Å². The second kappa shape index (κ2) is 6.69. The zero-order chi connectivity index (χ0) is 18.0. The molecule has 2 heterocycles. The molecule has 1 amide bonds. The van der Waals surface area contributed by atoms with Gasteiger partial charge in [-0.1, -0.05) is 0 Å². The van der Waals surface area contributed by atoms with E-state index in [1.807, 2.05) is 0 Å². The molecule has 1 saturated heterocycles. The van der Waals surface area contributed by atoms with E-state index < -0.39 is 22.0 Å². The van der Waals surface area contributed by atoms with Crippen LogP contribution >= 0.6 is 0 Å². The fourth-order valence-corrected chi connectivity index (χ4v) is 3.61. The predicted octanol–water partition coefficient (Wildman–Crippen LogP) is 1.43. The molecule has 0 saturated carbocycles. The van der Waals surface area contributed by atoms with Crippen molar-refractivity contribution in [3.8, 4) is 0 Å². The fraction of sp³-hybridized carbons (Fsp3) is 0.250. The summed E-state index contributed by atoms with van der Waals surface area (Å²) in [7, 11) is -3.85. The molecule has 1 aliphatic heterocycles. The molecule has 1 aliphatic rings. The van der Waals surface area contributed by atoms with Gasteiger partial charge in [0.15, 0.2) is 0 Å². The van der Waals surface area contributed by atoms with E-state index in [9.17, 15) is 18.0 Å². The fourth-order valence-electron chi connectivity index (χ4n) is 2.39. The molecule has 0 aliphatic carbocycles. The molecular weight excluding hydrogens is 348 g/mol. The summed E-state index contributed by atoms with van der Waals surface area (Å²) in [5, 5.41) is 2.66. The summed E-state index contributed by atoms with van der Waals surface area (Å²) in [6.45, 7) is 1.87. The first-order chi connectivity index (χ1) is 11.9. The molecule has 1 atom stereocenters. The smallest absolute Gasteiger partial charge is 0.324 e. The van der Waals surface area contributed by atoms with Crippen molar-refractivity contribution in [3.63, 3.8) is 0 Å². The largest absolute Gasteiger partial charge is 0.469 e. The first-order valence-electron chi connectivity index (χ1n) is 7.51. The lowest BCUT2D eigenvalue weighted by atomic mass is 10.2.